The number of methoxy groups -OCH3 is 1. The third kappa shape index (κ3) is 2.14. The van der Waals surface area contributed by atoms with Gasteiger partial charge in [-0.25, -0.2) is 4.79 Å². The maximum Gasteiger partial charge on any atom is 0.337 e. The molecule has 96 valence electrons. The van der Waals surface area contributed by atoms with Crippen molar-refractivity contribution in [3.05, 3.63) is 23.8 Å². The van der Waals surface area contributed by atoms with E-state index < -0.39 is 12.1 Å². The van der Waals surface area contributed by atoms with Gasteiger partial charge in [0.05, 0.1) is 37.4 Å². The summed E-state index contributed by atoms with van der Waals surface area (Å²) in [6, 6.07) is 4.45. The highest BCUT2D eigenvalue weighted by molar-refractivity contribution is 6.03. The number of carbonyl (C=O) groups excluding carboxylic acids is 1. The Morgan fingerprint density at radius 3 is 2.72 bits per heavy atom. The SMILES string of the molecule is COc1ccc(N2CC(O)CC2=O)c(C(=O)O)c1. The van der Waals surface area contributed by atoms with E-state index in [0.717, 1.165) is 0 Å². The first-order chi connectivity index (χ1) is 8.52. The second-order valence-electron chi connectivity index (χ2n) is 4.05. The van der Waals surface area contributed by atoms with Crippen molar-refractivity contribution in [3.63, 3.8) is 0 Å². The van der Waals surface area contributed by atoms with Gasteiger partial charge in [-0.1, -0.05) is 0 Å². The van der Waals surface area contributed by atoms with E-state index in [9.17, 15) is 14.7 Å². The molecule has 0 spiro atoms. The van der Waals surface area contributed by atoms with Crippen LogP contribution in [0.15, 0.2) is 18.2 Å². The molecule has 0 radical (unpaired) electrons. The molecule has 6 nitrogen and oxygen atoms in total. The van der Waals surface area contributed by atoms with E-state index in [1.165, 1.54) is 24.1 Å². The van der Waals surface area contributed by atoms with E-state index >= 15 is 0 Å². The van der Waals surface area contributed by atoms with Crippen LogP contribution in [-0.4, -0.2) is 41.8 Å². The Labute approximate surface area is 103 Å². The lowest BCUT2D eigenvalue weighted by Crippen LogP contribution is -2.27. The van der Waals surface area contributed by atoms with E-state index in [4.69, 9.17) is 9.84 Å². The number of ether oxygens (including phenoxy) is 1. The number of aliphatic hydroxyl groups excluding tert-OH is 1. The molecule has 0 bridgehead atoms. The molecule has 1 amide bonds. The molecular formula is C12H13NO5. The third-order valence-electron chi connectivity index (χ3n) is 2.83. The van der Waals surface area contributed by atoms with Crippen molar-refractivity contribution in [1.29, 1.82) is 0 Å². The second-order valence-corrected chi connectivity index (χ2v) is 4.05. The smallest absolute Gasteiger partial charge is 0.337 e. The fraction of sp³-hybridized carbons (Fsp3) is 0.333. The molecular weight excluding hydrogens is 238 g/mol. The predicted octanol–water partition coefficient (Wildman–Crippen LogP) is 0.491. The average Bonchev–Trinajstić information content (AvgIpc) is 2.67. The van der Waals surface area contributed by atoms with Crippen molar-refractivity contribution in [2.24, 2.45) is 0 Å². The fourth-order valence-electron chi connectivity index (χ4n) is 1.97. The minimum atomic E-state index is -1.14. The van der Waals surface area contributed by atoms with Gasteiger partial charge >= 0.3 is 5.97 Å². The number of hydrogen-bond acceptors (Lipinski definition) is 4. The lowest BCUT2D eigenvalue weighted by Gasteiger charge is -2.18. The quantitative estimate of drug-likeness (QED) is 0.816. The van der Waals surface area contributed by atoms with Gasteiger partial charge in [0.2, 0.25) is 5.91 Å². The summed E-state index contributed by atoms with van der Waals surface area (Å²) >= 11 is 0. The van der Waals surface area contributed by atoms with Gasteiger partial charge in [-0.3, -0.25) is 4.79 Å². The van der Waals surface area contributed by atoms with E-state index in [-0.39, 0.29) is 30.1 Å². The van der Waals surface area contributed by atoms with Crippen LogP contribution in [0.5, 0.6) is 5.75 Å². The fourth-order valence-corrected chi connectivity index (χ4v) is 1.97. The second kappa shape index (κ2) is 4.66. The zero-order chi connectivity index (χ0) is 13.3. The summed E-state index contributed by atoms with van der Waals surface area (Å²) in [7, 11) is 1.44. The first-order valence-electron chi connectivity index (χ1n) is 5.42. The number of amides is 1. The van der Waals surface area contributed by atoms with Crippen LogP contribution in [0, 0.1) is 0 Å². The number of β-amino-alcohol motifs (C(OH)–C–C–N with tert-alkyl or cyclic N) is 1. The normalized spacial score (nSPS) is 19.1. The third-order valence-corrected chi connectivity index (χ3v) is 2.83. The number of hydrogen-bond donors (Lipinski definition) is 2. The van der Waals surface area contributed by atoms with Gasteiger partial charge in [0.15, 0.2) is 0 Å². The van der Waals surface area contributed by atoms with Gasteiger partial charge < -0.3 is 19.8 Å². The highest BCUT2D eigenvalue weighted by atomic mass is 16.5. The van der Waals surface area contributed by atoms with Crippen molar-refractivity contribution in [2.75, 3.05) is 18.6 Å². The monoisotopic (exact) mass is 251 g/mol. The van der Waals surface area contributed by atoms with E-state index in [1.54, 1.807) is 6.07 Å². The minimum Gasteiger partial charge on any atom is -0.497 e. The molecule has 6 heteroatoms. The number of aliphatic hydroxyl groups is 1. The summed E-state index contributed by atoms with van der Waals surface area (Å²) in [5.74, 6) is -1.02. The molecule has 1 saturated heterocycles. The van der Waals surface area contributed by atoms with Gasteiger partial charge in [0.25, 0.3) is 0 Å². The van der Waals surface area contributed by atoms with Crippen LogP contribution < -0.4 is 9.64 Å². The van der Waals surface area contributed by atoms with Gasteiger partial charge in [0.1, 0.15) is 5.75 Å². The summed E-state index contributed by atoms with van der Waals surface area (Å²) in [6.45, 7) is 0.117. The van der Waals surface area contributed by atoms with Crippen LogP contribution in [0.2, 0.25) is 0 Å². The molecule has 1 aliphatic rings. The maximum atomic E-state index is 11.7. The van der Waals surface area contributed by atoms with Crippen LogP contribution in [0.25, 0.3) is 0 Å². The molecule has 1 aromatic rings. The zero-order valence-corrected chi connectivity index (χ0v) is 9.79. The van der Waals surface area contributed by atoms with Crippen molar-refractivity contribution < 1.29 is 24.5 Å². The average molecular weight is 251 g/mol. The van der Waals surface area contributed by atoms with E-state index in [1.807, 2.05) is 0 Å². The van der Waals surface area contributed by atoms with Crippen molar-refractivity contribution >= 4 is 17.6 Å². The number of anilines is 1. The molecule has 1 heterocycles. The highest BCUT2D eigenvalue weighted by Crippen LogP contribution is 2.29. The zero-order valence-electron chi connectivity index (χ0n) is 9.79. The first-order valence-corrected chi connectivity index (χ1v) is 5.42. The molecule has 2 rings (SSSR count). The van der Waals surface area contributed by atoms with E-state index in [0.29, 0.717) is 5.75 Å². The number of carboxylic acids is 1. The van der Waals surface area contributed by atoms with Gasteiger partial charge in [-0.05, 0) is 18.2 Å². The summed E-state index contributed by atoms with van der Waals surface area (Å²) in [5.41, 5.74) is 0.265. The Balaban J connectivity index is 2.44. The summed E-state index contributed by atoms with van der Waals surface area (Å²) in [6.07, 6.45) is -0.730. The molecule has 2 N–H and O–H groups in total. The summed E-state index contributed by atoms with van der Waals surface area (Å²) in [4.78, 5) is 24.1. The summed E-state index contributed by atoms with van der Waals surface area (Å²) < 4.78 is 4.95. The van der Waals surface area contributed by atoms with Crippen molar-refractivity contribution in [1.82, 2.24) is 0 Å². The predicted molar refractivity (Wildman–Crippen MR) is 62.9 cm³/mol. The van der Waals surface area contributed by atoms with Crippen LogP contribution in [0.1, 0.15) is 16.8 Å². The molecule has 1 fully saturated rings. The number of rotatable bonds is 3. The molecule has 18 heavy (non-hydrogen) atoms. The first kappa shape index (κ1) is 12.4. The lowest BCUT2D eigenvalue weighted by atomic mass is 10.1. The lowest BCUT2D eigenvalue weighted by molar-refractivity contribution is -0.117. The molecule has 1 aromatic carbocycles. The van der Waals surface area contributed by atoms with Crippen LogP contribution >= 0.6 is 0 Å². The molecule has 1 unspecified atom stereocenters. The number of benzene rings is 1. The Morgan fingerprint density at radius 1 is 1.50 bits per heavy atom. The molecule has 0 saturated carbocycles. The number of nitrogens with zero attached hydrogens (tertiary/aromatic N) is 1. The van der Waals surface area contributed by atoms with Crippen LogP contribution in [0.3, 0.4) is 0 Å². The molecule has 0 aromatic heterocycles. The largest absolute Gasteiger partial charge is 0.497 e. The molecule has 1 atom stereocenters. The van der Waals surface area contributed by atoms with Crippen molar-refractivity contribution in [3.8, 4) is 5.75 Å². The Morgan fingerprint density at radius 2 is 2.22 bits per heavy atom. The number of carboxylic acid groups (broad SMARTS) is 1. The molecule has 0 aliphatic carbocycles. The number of carbonyl (C=O) groups is 2. The van der Waals surface area contributed by atoms with Gasteiger partial charge in [-0.15, -0.1) is 0 Å². The van der Waals surface area contributed by atoms with Gasteiger partial charge in [0, 0.05) is 0 Å². The maximum absolute atomic E-state index is 11.7. The van der Waals surface area contributed by atoms with Gasteiger partial charge in [-0.2, -0.15) is 0 Å². The van der Waals surface area contributed by atoms with Crippen molar-refractivity contribution in [2.45, 2.75) is 12.5 Å². The Bertz CT molecular complexity index is 499. The highest BCUT2D eigenvalue weighted by Gasteiger charge is 2.31. The van der Waals surface area contributed by atoms with Crippen LogP contribution in [-0.2, 0) is 4.79 Å². The van der Waals surface area contributed by atoms with Crippen LogP contribution in [0.4, 0.5) is 5.69 Å². The Kier molecular flexibility index (Phi) is 3.20. The topological polar surface area (TPSA) is 87.1 Å². The standard InChI is InChI=1S/C12H13NO5/c1-18-8-2-3-10(9(5-8)12(16)17)13-6-7(14)4-11(13)15/h2-3,5,7,14H,4,6H2,1H3,(H,16,17). The molecule has 1 aliphatic heterocycles. The number of aromatic carboxylic acids is 1. The van der Waals surface area contributed by atoms with E-state index in [2.05, 4.69) is 0 Å². The summed E-state index contributed by atoms with van der Waals surface area (Å²) in [5, 5.41) is 18.6. The Hall–Kier alpha value is -2.08. The minimum absolute atomic E-state index is 0.0169.